The van der Waals surface area contributed by atoms with E-state index in [1.807, 2.05) is 0 Å². The van der Waals surface area contributed by atoms with Crippen molar-refractivity contribution in [2.75, 3.05) is 0 Å². The standard InChI is InChI=1S/C15H30N2O/c1-9(2)7-12-14(11(5)6)17-15(18)13(16-12)8-10(3)4/h9-14,16H,7-8H2,1-6H3,(H,17,18)/t12-,13+,14+/m0/s1. The fourth-order valence-electron chi connectivity index (χ4n) is 2.80. The van der Waals surface area contributed by atoms with Crippen molar-refractivity contribution >= 4 is 5.91 Å². The van der Waals surface area contributed by atoms with Crippen molar-refractivity contribution in [3.63, 3.8) is 0 Å². The summed E-state index contributed by atoms with van der Waals surface area (Å²) in [6.07, 6.45) is 2.04. The molecule has 106 valence electrons. The van der Waals surface area contributed by atoms with E-state index in [0.717, 1.165) is 12.8 Å². The maximum Gasteiger partial charge on any atom is 0.237 e. The molecular formula is C15H30N2O. The van der Waals surface area contributed by atoms with Crippen LogP contribution in [0.3, 0.4) is 0 Å². The average molecular weight is 254 g/mol. The summed E-state index contributed by atoms with van der Waals surface area (Å²) in [6.45, 7) is 13.2. The molecule has 0 bridgehead atoms. The minimum absolute atomic E-state index is 0.0104. The number of amides is 1. The second-order valence-electron chi connectivity index (χ2n) is 6.86. The number of nitrogens with one attached hydrogen (secondary N) is 2. The largest absolute Gasteiger partial charge is 0.350 e. The Kier molecular flexibility index (Phi) is 5.64. The van der Waals surface area contributed by atoms with Crippen molar-refractivity contribution in [3.8, 4) is 0 Å². The van der Waals surface area contributed by atoms with E-state index in [2.05, 4.69) is 52.2 Å². The highest BCUT2D eigenvalue weighted by Gasteiger charge is 2.36. The first-order chi connectivity index (χ1) is 8.31. The summed E-state index contributed by atoms with van der Waals surface area (Å²) < 4.78 is 0. The number of hydrogen-bond donors (Lipinski definition) is 2. The van der Waals surface area contributed by atoms with Crippen molar-refractivity contribution in [3.05, 3.63) is 0 Å². The van der Waals surface area contributed by atoms with Crippen molar-refractivity contribution in [2.45, 2.75) is 72.5 Å². The van der Waals surface area contributed by atoms with Crippen LogP contribution in [0.25, 0.3) is 0 Å². The van der Waals surface area contributed by atoms with Crippen LogP contribution in [-0.4, -0.2) is 24.0 Å². The summed E-state index contributed by atoms with van der Waals surface area (Å²) in [4.78, 5) is 12.1. The summed E-state index contributed by atoms with van der Waals surface area (Å²) in [7, 11) is 0. The molecule has 1 saturated heterocycles. The summed E-state index contributed by atoms with van der Waals surface area (Å²) >= 11 is 0. The second kappa shape index (κ2) is 6.55. The number of rotatable bonds is 5. The van der Waals surface area contributed by atoms with Crippen molar-refractivity contribution < 1.29 is 4.79 Å². The number of carbonyl (C=O) groups excluding carboxylic acids is 1. The van der Waals surface area contributed by atoms with Gasteiger partial charge in [-0.15, -0.1) is 0 Å². The molecule has 0 aromatic heterocycles. The quantitative estimate of drug-likeness (QED) is 0.791. The Balaban J connectivity index is 2.72. The van der Waals surface area contributed by atoms with Gasteiger partial charge in [-0.05, 0) is 30.6 Å². The van der Waals surface area contributed by atoms with Crippen LogP contribution in [0.1, 0.15) is 54.4 Å². The first kappa shape index (κ1) is 15.5. The summed E-state index contributed by atoms with van der Waals surface area (Å²) in [5.74, 6) is 1.86. The monoisotopic (exact) mass is 254 g/mol. The first-order valence-electron chi connectivity index (χ1n) is 7.37. The Morgan fingerprint density at radius 1 is 1.00 bits per heavy atom. The van der Waals surface area contributed by atoms with E-state index in [1.165, 1.54) is 0 Å². The van der Waals surface area contributed by atoms with Crippen LogP contribution in [0.15, 0.2) is 0 Å². The third-order valence-electron chi connectivity index (χ3n) is 3.62. The van der Waals surface area contributed by atoms with Crippen LogP contribution in [0.5, 0.6) is 0 Å². The Labute approximate surface area is 112 Å². The minimum atomic E-state index is -0.0104. The summed E-state index contributed by atoms with van der Waals surface area (Å²) in [6, 6.07) is 0.665. The lowest BCUT2D eigenvalue weighted by Gasteiger charge is -2.41. The van der Waals surface area contributed by atoms with Gasteiger partial charge in [-0.1, -0.05) is 41.5 Å². The number of carbonyl (C=O) groups is 1. The molecule has 0 aromatic carbocycles. The number of hydrogen-bond acceptors (Lipinski definition) is 2. The van der Waals surface area contributed by atoms with E-state index >= 15 is 0 Å². The van der Waals surface area contributed by atoms with Gasteiger partial charge in [0.25, 0.3) is 0 Å². The molecule has 18 heavy (non-hydrogen) atoms. The fraction of sp³-hybridized carbons (Fsp3) is 0.933. The molecule has 2 N–H and O–H groups in total. The zero-order valence-electron chi connectivity index (χ0n) is 12.8. The highest BCUT2D eigenvalue weighted by atomic mass is 16.2. The third-order valence-corrected chi connectivity index (χ3v) is 3.62. The SMILES string of the molecule is CC(C)C[C@@H]1N[C@H](CC(C)C)C(=O)N[C@@H]1C(C)C. The molecular weight excluding hydrogens is 224 g/mol. The Morgan fingerprint density at radius 3 is 2.00 bits per heavy atom. The van der Waals surface area contributed by atoms with Gasteiger partial charge in [-0.25, -0.2) is 0 Å². The van der Waals surface area contributed by atoms with Gasteiger partial charge in [0.1, 0.15) is 0 Å². The van der Waals surface area contributed by atoms with Crippen molar-refractivity contribution in [2.24, 2.45) is 17.8 Å². The molecule has 0 radical (unpaired) electrons. The van der Waals surface area contributed by atoms with Crippen LogP contribution in [-0.2, 0) is 4.79 Å². The highest BCUT2D eigenvalue weighted by molar-refractivity contribution is 5.83. The van der Waals surface area contributed by atoms with Gasteiger partial charge in [0, 0.05) is 12.1 Å². The van der Waals surface area contributed by atoms with Gasteiger partial charge >= 0.3 is 0 Å². The minimum Gasteiger partial charge on any atom is -0.350 e. The lowest BCUT2D eigenvalue weighted by atomic mass is 9.86. The van der Waals surface area contributed by atoms with Crippen LogP contribution < -0.4 is 10.6 Å². The Hall–Kier alpha value is -0.570. The van der Waals surface area contributed by atoms with Gasteiger partial charge in [-0.3, -0.25) is 4.79 Å². The molecule has 0 aromatic rings. The van der Waals surface area contributed by atoms with Crippen LogP contribution in [0.2, 0.25) is 0 Å². The first-order valence-corrected chi connectivity index (χ1v) is 7.37. The third kappa shape index (κ3) is 4.27. The highest BCUT2D eigenvalue weighted by Crippen LogP contribution is 2.20. The predicted octanol–water partition coefficient (Wildman–Crippen LogP) is 2.56. The maximum atomic E-state index is 12.1. The molecule has 1 heterocycles. The molecule has 1 aliphatic rings. The van der Waals surface area contributed by atoms with E-state index in [4.69, 9.17) is 0 Å². The van der Waals surface area contributed by atoms with Gasteiger partial charge in [0.2, 0.25) is 5.91 Å². The summed E-state index contributed by atoms with van der Waals surface area (Å²) in [5.41, 5.74) is 0. The molecule has 0 aliphatic carbocycles. The van der Waals surface area contributed by atoms with E-state index in [1.54, 1.807) is 0 Å². The lowest BCUT2D eigenvalue weighted by molar-refractivity contribution is -0.127. The predicted molar refractivity (Wildman–Crippen MR) is 76.4 cm³/mol. The molecule has 3 atom stereocenters. The number of piperazine rings is 1. The Morgan fingerprint density at radius 2 is 1.56 bits per heavy atom. The van der Waals surface area contributed by atoms with Gasteiger partial charge in [-0.2, -0.15) is 0 Å². The molecule has 0 spiro atoms. The molecule has 1 aliphatic heterocycles. The smallest absolute Gasteiger partial charge is 0.237 e. The van der Waals surface area contributed by atoms with Crippen molar-refractivity contribution in [1.82, 2.24) is 10.6 Å². The fourth-order valence-corrected chi connectivity index (χ4v) is 2.80. The second-order valence-corrected chi connectivity index (χ2v) is 6.86. The van der Waals surface area contributed by atoms with Gasteiger partial charge in [0.05, 0.1) is 6.04 Å². The molecule has 0 saturated carbocycles. The molecule has 1 fully saturated rings. The molecule has 0 unspecified atom stereocenters. The normalized spacial score (nSPS) is 29.2. The molecule has 3 nitrogen and oxygen atoms in total. The van der Waals surface area contributed by atoms with Crippen molar-refractivity contribution in [1.29, 1.82) is 0 Å². The molecule has 1 rings (SSSR count). The molecule has 1 amide bonds. The topological polar surface area (TPSA) is 41.1 Å². The molecule has 3 heteroatoms. The van der Waals surface area contributed by atoms with E-state index < -0.39 is 0 Å². The van der Waals surface area contributed by atoms with E-state index in [9.17, 15) is 4.79 Å². The van der Waals surface area contributed by atoms with Gasteiger partial charge < -0.3 is 10.6 Å². The van der Waals surface area contributed by atoms with Gasteiger partial charge in [0.15, 0.2) is 0 Å². The Bertz CT molecular complexity index is 274. The average Bonchev–Trinajstić information content (AvgIpc) is 2.20. The van der Waals surface area contributed by atoms with E-state index in [-0.39, 0.29) is 18.0 Å². The zero-order chi connectivity index (χ0) is 13.9. The zero-order valence-corrected chi connectivity index (χ0v) is 12.8. The summed E-state index contributed by atoms with van der Waals surface area (Å²) in [5, 5.41) is 6.81. The van der Waals surface area contributed by atoms with Crippen LogP contribution in [0, 0.1) is 17.8 Å². The lowest BCUT2D eigenvalue weighted by Crippen LogP contribution is -2.65. The van der Waals surface area contributed by atoms with Crippen LogP contribution >= 0.6 is 0 Å². The van der Waals surface area contributed by atoms with E-state index in [0.29, 0.717) is 23.8 Å². The maximum absolute atomic E-state index is 12.1. The van der Waals surface area contributed by atoms with Crippen LogP contribution in [0.4, 0.5) is 0 Å².